The van der Waals surface area contributed by atoms with Gasteiger partial charge in [-0.05, 0) is 12.5 Å². The van der Waals surface area contributed by atoms with Crippen molar-refractivity contribution in [1.82, 2.24) is 0 Å². The van der Waals surface area contributed by atoms with Crippen molar-refractivity contribution < 1.29 is 19.1 Å². The number of ether oxygens (including phenoxy) is 1. The number of rotatable bonds is 6. The van der Waals surface area contributed by atoms with Gasteiger partial charge in [-0.15, -0.1) is 0 Å². The predicted octanol–water partition coefficient (Wildman–Crippen LogP) is 3.45. The van der Waals surface area contributed by atoms with E-state index in [1.165, 1.54) is 0 Å². The van der Waals surface area contributed by atoms with Gasteiger partial charge in [0.05, 0.1) is 6.61 Å². The number of carboxylic acid groups (broad SMARTS) is 1. The maximum atomic E-state index is 11.1. The number of benzene rings is 1. The Morgan fingerprint density at radius 3 is 2.89 bits per heavy atom. The second-order valence-electron chi connectivity index (χ2n) is 4.12. The molecule has 0 aliphatic carbocycles. The molecule has 0 spiro atoms. The quantitative estimate of drug-likeness (QED) is 0.795. The average molecular weight is 248 g/mol. The standard InChI is InChI=1S/C14H16O4/c1-2-3-8-17-9-11-10-6-4-5-7-12(10)18-13(11)14(15)16/h4-7H,2-3,8-9H2,1H3,(H,15,16). The van der Waals surface area contributed by atoms with Crippen molar-refractivity contribution in [3.63, 3.8) is 0 Å². The zero-order valence-electron chi connectivity index (χ0n) is 10.3. The molecular weight excluding hydrogens is 232 g/mol. The third kappa shape index (κ3) is 2.54. The lowest BCUT2D eigenvalue weighted by Crippen LogP contribution is -2.02. The first-order chi connectivity index (χ1) is 8.74. The van der Waals surface area contributed by atoms with Crippen LogP contribution in [0, 0.1) is 0 Å². The van der Waals surface area contributed by atoms with Gasteiger partial charge in [0, 0.05) is 17.6 Å². The molecule has 2 rings (SSSR count). The van der Waals surface area contributed by atoms with Crippen molar-refractivity contribution in [2.45, 2.75) is 26.4 Å². The van der Waals surface area contributed by atoms with E-state index >= 15 is 0 Å². The van der Waals surface area contributed by atoms with Crippen LogP contribution in [0.25, 0.3) is 11.0 Å². The van der Waals surface area contributed by atoms with Gasteiger partial charge < -0.3 is 14.3 Å². The Morgan fingerprint density at radius 1 is 1.39 bits per heavy atom. The Balaban J connectivity index is 2.27. The van der Waals surface area contributed by atoms with Crippen LogP contribution in [0.5, 0.6) is 0 Å². The topological polar surface area (TPSA) is 59.7 Å². The van der Waals surface area contributed by atoms with Crippen LogP contribution in [0.2, 0.25) is 0 Å². The Hall–Kier alpha value is -1.81. The summed E-state index contributed by atoms with van der Waals surface area (Å²) in [5, 5.41) is 9.93. The van der Waals surface area contributed by atoms with Gasteiger partial charge in [0.25, 0.3) is 0 Å². The van der Waals surface area contributed by atoms with Gasteiger partial charge in [-0.2, -0.15) is 0 Å². The predicted molar refractivity (Wildman–Crippen MR) is 67.7 cm³/mol. The van der Waals surface area contributed by atoms with Gasteiger partial charge in [-0.25, -0.2) is 4.79 Å². The van der Waals surface area contributed by atoms with Crippen LogP contribution in [0.3, 0.4) is 0 Å². The van der Waals surface area contributed by atoms with Crippen molar-refractivity contribution in [3.05, 3.63) is 35.6 Å². The lowest BCUT2D eigenvalue weighted by atomic mass is 10.1. The minimum atomic E-state index is -1.06. The zero-order valence-corrected chi connectivity index (χ0v) is 10.3. The van der Waals surface area contributed by atoms with Crippen molar-refractivity contribution in [2.24, 2.45) is 0 Å². The SMILES string of the molecule is CCCCOCc1c(C(=O)O)oc2ccccc12. The Labute approximate surface area is 105 Å². The Morgan fingerprint density at radius 2 is 2.17 bits per heavy atom. The maximum Gasteiger partial charge on any atom is 0.372 e. The van der Waals surface area contributed by atoms with Crippen LogP contribution in [-0.2, 0) is 11.3 Å². The van der Waals surface area contributed by atoms with E-state index in [-0.39, 0.29) is 12.4 Å². The number of aromatic carboxylic acids is 1. The molecule has 4 nitrogen and oxygen atoms in total. The number of unbranched alkanes of at least 4 members (excludes halogenated alkanes) is 1. The molecule has 0 bridgehead atoms. The normalized spacial score (nSPS) is 10.9. The van der Waals surface area contributed by atoms with Crippen molar-refractivity contribution in [1.29, 1.82) is 0 Å². The van der Waals surface area contributed by atoms with Gasteiger partial charge in [0.2, 0.25) is 5.76 Å². The fourth-order valence-electron chi connectivity index (χ4n) is 1.84. The van der Waals surface area contributed by atoms with Crippen molar-refractivity contribution in [2.75, 3.05) is 6.61 Å². The molecule has 0 saturated carbocycles. The number of carbonyl (C=O) groups is 1. The van der Waals surface area contributed by atoms with Gasteiger partial charge in [-0.1, -0.05) is 31.5 Å². The minimum absolute atomic E-state index is 0.0206. The summed E-state index contributed by atoms with van der Waals surface area (Å²) in [6.07, 6.45) is 2.02. The zero-order chi connectivity index (χ0) is 13.0. The molecule has 0 unspecified atom stereocenters. The third-order valence-corrected chi connectivity index (χ3v) is 2.78. The number of fused-ring (bicyclic) bond motifs is 1. The summed E-state index contributed by atoms with van der Waals surface area (Å²) >= 11 is 0. The maximum absolute atomic E-state index is 11.1. The van der Waals surface area contributed by atoms with E-state index in [2.05, 4.69) is 6.92 Å². The summed E-state index contributed by atoms with van der Waals surface area (Å²) in [4.78, 5) is 11.1. The summed E-state index contributed by atoms with van der Waals surface area (Å²) in [7, 11) is 0. The van der Waals surface area contributed by atoms with Crippen LogP contribution >= 0.6 is 0 Å². The first-order valence-corrected chi connectivity index (χ1v) is 6.05. The average Bonchev–Trinajstić information content (AvgIpc) is 2.74. The molecule has 96 valence electrons. The fraction of sp³-hybridized carbons (Fsp3) is 0.357. The number of para-hydroxylation sites is 1. The molecule has 0 saturated heterocycles. The van der Waals surface area contributed by atoms with Crippen LogP contribution in [0.15, 0.2) is 28.7 Å². The van der Waals surface area contributed by atoms with E-state index in [0.29, 0.717) is 17.8 Å². The molecule has 0 aliphatic heterocycles. The molecule has 1 aromatic heterocycles. The summed E-state index contributed by atoms with van der Waals surface area (Å²) in [6, 6.07) is 7.29. The summed E-state index contributed by atoms with van der Waals surface area (Å²) < 4.78 is 10.8. The molecule has 1 N–H and O–H groups in total. The lowest BCUT2D eigenvalue weighted by Gasteiger charge is -2.02. The van der Waals surface area contributed by atoms with E-state index in [1.54, 1.807) is 6.07 Å². The Kier molecular flexibility index (Phi) is 3.99. The number of furan rings is 1. The first-order valence-electron chi connectivity index (χ1n) is 6.05. The number of hydrogen-bond donors (Lipinski definition) is 1. The molecule has 0 amide bonds. The van der Waals surface area contributed by atoms with E-state index in [1.807, 2.05) is 18.2 Å². The van der Waals surface area contributed by atoms with Crippen LogP contribution in [0.1, 0.15) is 35.9 Å². The molecule has 0 fully saturated rings. The van der Waals surface area contributed by atoms with E-state index < -0.39 is 5.97 Å². The lowest BCUT2D eigenvalue weighted by molar-refractivity contribution is 0.0652. The molecular formula is C14H16O4. The van der Waals surface area contributed by atoms with Gasteiger partial charge in [-0.3, -0.25) is 0 Å². The van der Waals surface area contributed by atoms with Crippen molar-refractivity contribution >= 4 is 16.9 Å². The van der Waals surface area contributed by atoms with Gasteiger partial charge >= 0.3 is 5.97 Å². The molecule has 4 heteroatoms. The van der Waals surface area contributed by atoms with E-state index in [4.69, 9.17) is 14.3 Å². The highest BCUT2D eigenvalue weighted by atomic mass is 16.5. The summed E-state index contributed by atoms with van der Waals surface area (Å²) in [5.74, 6) is -1.08. The molecule has 2 aromatic rings. The largest absolute Gasteiger partial charge is 0.475 e. The second-order valence-corrected chi connectivity index (χ2v) is 4.12. The summed E-state index contributed by atoms with van der Waals surface area (Å²) in [6.45, 7) is 2.99. The van der Waals surface area contributed by atoms with Crippen LogP contribution < -0.4 is 0 Å². The highest BCUT2D eigenvalue weighted by Crippen LogP contribution is 2.26. The minimum Gasteiger partial charge on any atom is -0.475 e. The second kappa shape index (κ2) is 5.69. The molecule has 0 aliphatic rings. The first kappa shape index (κ1) is 12.6. The monoisotopic (exact) mass is 248 g/mol. The van der Waals surface area contributed by atoms with E-state index in [0.717, 1.165) is 18.2 Å². The molecule has 1 heterocycles. The Bertz CT molecular complexity index is 542. The molecule has 1 aromatic carbocycles. The molecule has 0 radical (unpaired) electrons. The summed E-state index contributed by atoms with van der Waals surface area (Å²) in [5.41, 5.74) is 1.21. The van der Waals surface area contributed by atoms with E-state index in [9.17, 15) is 4.79 Å². The highest BCUT2D eigenvalue weighted by molar-refractivity contribution is 5.94. The molecule has 18 heavy (non-hydrogen) atoms. The number of hydrogen-bond acceptors (Lipinski definition) is 3. The van der Waals surface area contributed by atoms with Crippen LogP contribution in [-0.4, -0.2) is 17.7 Å². The van der Waals surface area contributed by atoms with Gasteiger partial charge in [0.15, 0.2) is 0 Å². The van der Waals surface area contributed by atoms with Crippen LogP contribution in [0.4, 0.5) is 0 Å². The van der Waals surface area contributed by atoms with Crippen molar-refractivity contribution in [3.8, 4) is 0 Å². The van der Waals surface area contributed by atoms with Gasteiger partial charge in [0.1, 0.15) is 5.58 Å². The third-order valence-electron chi connectivity index (χ3n) is 2.78. The smallest absolute Gasteiger partial charge is 0.372 e. The number of carboxylic acids is 1. The fourth-order valence-corrected chi connectivity index (χ4v) is 1.84. The molecule has 0 atom stereocenters. The highest BCUT2D eigenvalue weighted by Gasteiger charge is 2.19.